The number of amides is 2. The second-order valence-corrected chi connectivity index (χ2v) is 12.6. The lowest BCUT2D eigenvalue weighted by atomic mass is 9.87. The monoisotopic (exact) mass is 703 g/mol. The molecule has 0 radical (unpaired) electrons. The highest BCUT2D eigenvalue weighted by Gasteiger charge is 2.61. The highest BCUT2D eigenvalue weighted by molar-refractivity contribution is 5.99. The van der Waals surface area contributed by atoms with E-state index in [1.807, 2.05) is 6.07 Å². The number of Topliss-reactive ketones (excluding diaryl/α,β-unsaturated/α-hetero) is 2. The number of anilines is 1. The van der Waals surface area contributed by atoms with Gasteiger partial charge in [-0.1, -0.05) is 34.6 Å². The Morgan fingerprint density at radius 2 is 1.94 bits per heavy atom. The van der Waals surface area contributed by atoms with Gasteiger partial charge in [0.25, 0.3) is 0 Å². The number of nitrogens with two attached hydrogens (primary N) is 1. The molecule has 17 nitrogen and oxygen atoms in total. The summed E-state index contributed by atoms with van der Waals surface area (Å²) in [5.41, 5.74) is 1.26. The maximum absolute atomic E-state index is 15.5. The van der Waals surface area contributed by atoms with Gasteiger partial charge in [-0.2, -0.15) is 10.1 Å². The highest BCUT2D eigenvalue weighted by Crippen LogP contribution is 2.48. The molecule has 2 amide bonds. The van der Waals surface area contributed by atoms with Crippen LogP contribution in [-0.4, -0.2) is 74.4 Å². The summed E-state index contributed by atoms with van der Waals surface area (Å²) >= 11 is 0. The van der Waals surface area contributed by atoms with Crippen LogP contribution in [0.4, 0.5) is 15.0 Å². The third kappa shape index (κ3) is 8.05. The third-order valence-electron chi connectivity index (χ3n) is 8.31. The van der Waals surface area contributed by atoms with E-state index in [2.05, 4.69) is 15.6 Å². The number of ether oxygens (including phenoxy) is 3. The molecule has 1 aliphatic carbocycles. The lowest BCUT2D eigenvalue weighted by molar-refractivity contribution is -0.528. The van der Waals surface area contributed by atoms with Crippen LogP contribution in [0.2, 0.25) is 0 Å². The fraction of sp³-hybridized carbons (Fsp3) is 0.500. The summed E-state index contributed by atoms with van der Waals surface area (Å²) in [5, 5.41) is 47.6. The standard InChI is InChI=1S/C32H38FN5O12/c1-6-16(3)30(35)27(41)48-46-15-29(4,5)26(40)31(43,49-30)50-32(44,45)47-25-18(22(39)7-2)9-10-20(33)24(25)19-12-21(19)37-28(42)38-23-11-8-17(13-34)14-36-23/h8-11,14,16,19,21,43-45H,6-7,12,15,35H2,1-5H3,(H2,36,37,38,42)/t16-,19+,21-,30-,31-/m0/s1. The molecule has 2 aliphatic rings. The molecule has 1 saturated heterocycles. The Hall–Kier alpha value is -4.61. The van der Waals surface area contributed by atoms with E-state index in [1.165, 1.54) is 46.0 Å². The molecular weight excluding hydrogens is 665 g/mol. The van der Waals surface area contributed by atoms with Gasteiger partial charge in [0.05, 0.1) is 16.5 Å². The van der Waals surface area contributed by atoms with Crippen molar-refractivity contribution in [2.45, 2.75) is 83.7 Å². The largest absolute Gasteiger partial charge is 0.460 e. The summed E-state index contributed by atoms with van der Waals surface area (Å²) in [6.07, 6.45) is -2.76. The maximum atomic E-state index is 15.5. The number of urea groups is 1. The average molecular weight is 704 g/mol. The van der Waals surface area contributed by atoms with E-state index >= 15 is 4.39 Å². The molecule has 4 rings (SSSR count). The second kappa shape index (κ2) is 14.3. The van der Waals surface area contributed by atoms with E-state index in [0.29, 0.717) is 0 Å². The van der Waals surface area contributed by atoms with Crippen LogP contribution in [0.1, 0.15) is 81.3 Å². The molecule has 50 heavy (non-hydrogen) atoms. The van der Waals surface area contributed by atoms with Crippen molar-refractivity contribution in [2.24, 2.45) is 17.1 Å². The van der Waals surface area contributed by atoms with Crippen LogP contribution in [0, 0.1) is 28.5 Å². The third-order valence-corrected chi connectivity index (χ3v) is 8.31. The maximum Gasteiger partial charge on any atom is 0.460 e. The second-order valence-electron chi connectivity index (χ2n) is 12.6. The molecule has 270 valence electrons. The number of hydrogen-bond acceptors (Lipinski definition) is 15. The lowest BCUT2D eigenvalue weighted by Crippen LogP contribution is -2.66. The predicted octanol–water partition coefficient (Wildman–Crippen LogP) is 1.80. The molecule has 7 N–H and O–H groups in total. The Morgan fingerprint density at radius 3 is 2.54 bits per heavy atom. The molecule has 18 heteroatoms. The van der Waals surface area contributed by atoms with Crippen LogP contribution < -0.4 is 21.1 Å². The quantitative estimate of drug-likeness (QED) is 0.111. The lowest BCUT2D eigenvalue weighted by Gasteiger charge is -2.40. The van der Waals surface area contributed by atoms with Crippen molar-refractivity contribution in [1.82, 2.24) is 10.3 Å². The van der Waals surface area contributed by atoms with Gasteiger partial charge < -0.3 is 25.4 Å². The highest BCUT2D eigenvalue weighted by atomic mass is 19.1. The van der Waals surface area contributed by atoms with Gasteiger partial charge in [-0.3, -0.25) is 30.3 Å². The molecule has 1 aliphatic heterocycles. The number of pyridine rings is 1. The number of ketones is 2. The molecule has 0 spiro atoms. The van der Waals surface area contributed by atoms with Crippen LogP contribution >= 0.6 is 0 Å². The number of carbonyl (C=O) groups is 4. The number of hydrogen-bond donors (Lipinski definition) is 6. The van der Waals surface area contributed by atoms with Crippen molar-refractivity contribution in [3.05, 3.63) is 53.0 Å². The number of aliphatic hydroxyl groups is 3. The number of rotatable bonds is 11. The fourth-order valence-electron chi connectivity index (χ4n) is 5.08. The molecule has 2 heterocycles. The van der Waals surface area contributed by atoms with Gasteiger partial charge in [0.15, 0.2) is 5.78 Å². The van der Waals surface area contributed by atoms with E-state index in [0.717, 1.165) is 12.1 Å². The van der Waals surface area contributed by atoms with Gasteiger partial charge in [0.2, 0.25) is 11.5 Å². The van der Waals surface area contributed by atoms with Crippen molar-refractivity contribution in [3.63, 3.8) is 0 Å². The number of nitrogens with one attached hydrogen (secondary N) is 2. The molecule has 2 fully saturated rings. The zero-order chi connectivity index (χ0) is 37.2. The van der Waals surface area contributed by atoms with Crippen molar-refractivity contribution >= 4 is 29.4 Å². The smallest absolute Gasteiger partial charge is 0.415 e. The minimum absolute atomic E-state index is 0.0996. The number of benzene rings is 1. The number of aromatic nitrogens is 1. The Labute approximate surface area is 285 Å². The molecule has 5 atom stereocenters. The first-order chi connectivity index (χ1) is 23.3. The average Bonchev–Trinajstić information content (AvgIpc) is 3.80. The van der Waals surface area contributed by atoms with Crippen LogP contribution in [0.3, 0.4) is 0 Å². The van der Waals surface area contributed by atoms with Crippen molar-refractivity contribution in [3.8, 4) is 11.8 Å². The summed E-state index contributed by atoms with van der Waals surface area (Å²) in [6, 6.07) is 5.19. The summed E-state index contributed by atoms with van der Waals surface area (Å²) in [4.78, 5) is 65.7. The first kappa shape index (κ1) is 38.2. The number of nitriles is 1. The zero-order valence-corrected chi connectivity index (χ0v) is 27.8. The minimum Gasteiger partial charge on any atom is -0.415 e. The van der Waals surface area contributed by atoms with Gasteiger partial charge in [-0.05, 0) is 37.1 Å². The van der Waals surface area contributed by atoms with Crippen LogP contribution in [0.5, 0.6) is 5.75 Å². The molecule has 1 aromatic heterocycles. The molecular formula is C32H38FN5O12. The molecule has 1 saturated carbocycles. The van der Waals surface area contributed by atoms with Crippen LogP contribution in [0.15, 0.2) is 30.5 Å². The predicted molar refractivity (Wildman–Crippen MR) is 165 cm³/mol. The van der Waals surface area contributed by atoms with Crippen LogP contribution in [-0.2, 0) is 28.8 Å². The van der Waals surface area contributed by atoms with Crippen LogP contribution in [0.25, 0.3) is 0 Å². The molecule has 0 unspecified atom stereocenters. The minimum atomic E-state index is -4.07. The molecule has 1 aromatic carbocycles. The topological polar surface area (TPSA) is 262 Å². The number of carbonyl (C=O) groups excluding carboxylic acids is 4. The number of halogens is 1. The van der Waals surface area contributed by atoms with Gasteiger partial charge in [-0.25, -0.2) is 23.7 Å². The fourth-order valence-corrected chi connectivity index (χ4v) is 5.08. The Bertz CT molecular complexity index is 1700. The van der Waals surface area contributed by atoms with Crippen molar-refractivity contribution in [2.75, 3.05) is 11.9 Å². The van der Waals surface area contributed by atoms with Gasteiger partial charge in [-0.15, -0.1) is 0 Å². The van der Waals surface area contributed by atoms with E-state index < -0.39 is 82.9 Å². The Morgan fingerprint density at radius 1 is 1.24 bits per heavy atom. The first-order valence-electron chi connectivity index (χ1n) is 15.5. The Kier molecular flexibility index (Phi) is 10.9. The molecule has 0 bridgehead atoms. The number of nitrogens with zero attached hydrogens (tertiary/aromatic N) is 2. The molecule has 2 aromatic rings. The summed E-state index contributed by atoms with van der Waals surface area (Å²) in [7, 11) is 0. The summed E-state index contributed by atoms with van der Waals surface area (Å²) in [6.45, 7) is 6.25. The van der Waals surface area contributed by atoms with Crippen molar-refractivity contribution < 1.29 is 62.9 Å². The normalized spacial score (nSPS) is 25.5. The summed E-state index contributed by atoms with van der Waals surface area (Å²) < 4.78 is 31.2. The zero-order valence-electron chi connectivity index (χ0n) is 27.8. The van der Waals surface area contributed by atoms with E-state index in [4.69, 9.17) is 35.0 Å². The first-order valence-corrected chi connectivity index (χ1v) is 15.5. The summed E-state index contributed by atoms with van der Waals surface area (Å²) in [5.74, 6) is -10.7. The van der Waals surface area contributed by atoms with Crippen molar-refractivity contribution in [1.29, 1.82) is 5.26 Å². The van der Waals surface area contributed by atoms with E-state index in [1.54, 1.807) is 6.92 Å². The van der Waals surface area contributed by atoms with E-state index in [-0.39, 0.29) is 41.8 Å². The van der Waals surface area contributed by atoms with Gasteiger partial charge in [0, 0.05) is 36.1 Å². The van der Waals surface area contributed by atoms with E-state index in [9.17, 15) is 34.5 Å². The van der Waals surface area contributed by atoms with Gasteiger partial charge in [0.1, 0.15) is 30.1 Å². The SMILES string of the molecule is CCC(=O)c1ccc(F)c([C@@H]2C[C@@H]2NC(=O)Nc2ccc(C#N)cn2)c1OC(O)(O)O[C@@]1(O)O[C@@](N)([C@@H](C)CC)C(=O)OOCC(C)(C)C1=O. The Balaban J connectivity index is 1.67. The van der Waals surface area contributed by atoms with Gasteiger partial charge >= 0.3 is 24.1 Å².